The molecule has 3 heterocycles. The fraction of sp³-hybridized carbons (Fsp3) is 0.438. The van der Waals surface area contributed by atoms with Crippen molar-refractivity contribution >= 4 is 33.2 Å². The molecule has 1 amide bonds. The maximum atomic E-state index is 13.7. The van der Waals surface area contributed by atoms with Crippen molar-refractivity contribution in [2.24, 2.45) is 5.41 Å². The van der Waals surface area contributed by atoms with Crippen molar-refractivity contribution in [3.63, 3.8) is 0 Å². The maximum Gasteiger partial charge on any atom is 0.253 e. The largest absolute Gasteiger partial charge is 0.371 e. The average molecular weight is 593 g/mol. The number of carbonyl (C=O) groups is 1. The molecule has 1 aliphatic carbocycles. The number of rotatable bonds is 5. The van der Waals surface area contributed by atoms with Gasteiger partial charge in [-0.2, -0.15) is 0 Å². The van der Waals surface area contributed by atoms with Crippen LogP contribution in [-0.2, 0) is 15.4 Å². The van der Waals surface area contributed by atoms with Crippen molar-refractivity contribution in [1.82, 2.24) is 14.6 Å². The Morgan fingerprint density at radius 2 is 1.61 bits per heavy atom. The first-order valence-corrected chi connectivity index (χ1v) is 16.3. The number of anilines is 1. The van der Waals surface area contributed by atoms with E-state index in [-0.39, 0.29) is 21.2 Å². The lowest BCUT2D eigenvalue weighted by atomic mass is 9.71. The third kappa shape index (κ3) is 5.49. The van der Waals surface area contributed by atoms with Gasteiger partial charge in [0, 0.05) is 55.9 Å². The summed E-state index contributed by atoms with van der Waals surface area (Å²) in [6.07, 6.45) is 8.60. The van der Waals surface area contributed by atoms with Gasteiger partial charge >= 0.3 is 0 Å². The lowest BCUT2D eigenvalue weighted by molar-refractivity contribution is 0.0515. The summed E-state index contributed by atoms with van der Waals surface area (Å²) in [5, 5.41) is 0.187. The molecule has 2 fully saturated rings. The summed E-state index contributed by atoms with van der Waals surface area (Å²) in [4.78, 5) is 22.3. The molecule has 1 atom stereocenters. The summed E-state index contributed by atoms with van der Waals surface area (Å²) < 4.78 is 29.4. The Hall–Kier alpha value is -2.94. The molecule has 0 saturated carbocycles. The lowest BCUT2D eigenvalue weighted by Gasteiger charge is -2.47. The van der Waals surface area contributed by atoms with Gasteiger partial charge in [0.2, 0.25) is 10.0 Å². The van der Waals surface area contributed by atoms with Gasteiger partial charge in [-0.05, 0) is 90.5 Å². The Labute approximate surface area is 248 Å². The van der Waals surface area contributed by atoms with E-state index in [2.05, 4.69) is 40.6 Å². The molecular weight excluding hydrogens is 556 g/mol. The van der Waals surface area contributed by atoms with E-state index < -0.39 is 16.1 Å². The summed E-state index contributed by atoms with van der Waals surface area (Å²) in [5.74, 6) is 0.0225. The first-order valence-electron chi connectivity index (χ1n) is 14.4. The maximum absolute atomic E-state index is 13.7. The smallest absolute Gasteiger partial charge is 0.253 e. The average Bonchev–Trinajstić information content (AvgIpc) is 3.22. The molecule has 0 bridgehead atoms. The molecule has 0 radical (unpaired) electrons. The lowest BCUT2D eigenvalue weighted by Crippen LogP contribution is -2.48. The number of sulfonamides is 1. The molecule has 9 heteroatoms. The number of nitrogens with one attached hydrogen (secondary N) is 1. The van der Waals surface area contributed by atoms with Gasteiger partial charge in [-0.3, -0.25) is 9.78 Å². The zero-order chi connectivity index (χ0) is 28.8. The predicted octanol–water partition coefficient (Wildman–Crippen LogP) is 5.96. The van der Waals surface area contributed by atoms with Crippen molar-refractivity contribution in [3.8, 4) is 0 Å². The molecule has 3 aliphatic rings. The molecule has 1 aromatic heterocycles. The first-order chi connectivity index (χ1) is 19.6. The second-order valence-corrected chi connectivity index (χ2v) is 14.6. The van der Waals surface area contributed by atoms with Crippen LogP contribution in [-0.4, -0.2) is 50.4 Å². The van der Waals surface area contributed by atoms with Gasteiger partial charge in [-0.1, -0.05) is 43.6 Å². The highest BCUT2D eigenvalue weighted by molar-refractivity contribution is 7.89. The summed E-state index contributed by atoms with van der Waals surface area (Å²) in [5.41, 5.74) is 3.85. The van der Waals surface area contributed by atoms with Crippen LogP contribution >= 0.6 is 11.6 Å². The zero-order valence-electron chi connectivity index (χ0n) is 23.6. The Morgan fingerprint density at radius 3 is 2.29 bits per heavy atom. The minimum Gasteiger partial charge on any atom is -0.371 e. The number of piperidine rings is 2. The number of aromatic nitrogens is 1. The van der Waals surface area contributed by atoms with Gasteiger partial charge in [0.05, 0.1) is 5.02 Å². The second-order valence-electron chi connectivity index (χ2n) is 12.5. The Balaban J connectivity index is 1.14. The molecule has 7 nitrogen and oxygen atoms in total. The first kappa shape index (κ1) is 28.2. The Kier molecular flexibility index (Phi) is 7.37. The van der Waals surface area contributed by atoms with E-state index in [1.54, 1.807) is 18.2 Å². The van der Waals surface area contributed by atoms with Crippen molar-refractivity contribution in [3.05, 3.63) is 88.7 Å². The number of likely N-dealkylation sites (tertiary alicyclic amines) is 1. The van der Waals surface area contributed by atoms with Gasteiger partial charge in [-0.15, -0.1) is 0 Å². The van der Waals surface area contributed by atoms with E-state index >= 15 is 0 Å². The molecule has 41 heavy (non-hydrogen) atoms. The number of carbonyl (C=O) groups excluding carboxylic acids is 1. The normalized spacial score (nSPS) is 21.6. The van der Waals surface area contributed by atoms with E-state index in [9.17, 15) is 13.2 Å². The Morgan fingerprint density at radius 1 is 0.951 bits per heavy atom. The molecular formula is C32H37ClN4O3S. The van der Waals surface area contributed by atoms with E-state index in [0.29, 0.717) is 17.4 Å². The zero-order valence-corrected chi connectivity index (χ0v) is 25.2. The number of hydrogen-bond acceptors (Lipinski definition) is 5. The summed E-state index contributed by atoms with van der Waals surface area (Å²) in [6, 6.07) is 16.0. The third-order valence-corrected chi connectivity index (χ3v) is 11.5. The highest BCUT2D eigenvalue weighted by atomic mass is 35.5. The molecule has 2 saturated heterocycles. The number of halogens is 1. The molecule has 6 rings (SSSR count). The van der Waals surface area contributed by atoms with Crippen molar-refractivity contribution < 1.29 is 13.2 Å². The van der Waals surface area contributed by atoms with Gasteiger partial charge in [0.1, 0.15) is 4.90 Å². The van der Waals surface area contributed by atoms with Crippen molar-refractivity contribution in [2.45, 2.75) is 62.3 Å². The molecule has 1 spiro atoms. The Bertz CT molecular complexity index is 1540. The van der Waals surface area contributed by atoms with E-state index in [1.165, 1.54) is 11.8 Å². The van der Waals surface area contributed by atoms with Crippen LogP contribution in [0.3, 0.4) is 0 Å². The molecule has 216 valence electrons. The minimum absolute atomic E-state index is 0.0225. The standard InChI is InChI=1S/C32H37ClN4O3S/c1-31(2)22-28(35-41(39,40)29-6-4-3-5-27(29)33)25-21-23(7-8-26(25)31)30(38)37-19-13-32(14-20-37)11-17-36(18-12-32)24-9-15-34-16-10-24/h3-10,15-16,21,28,35H,11-14,17-20,22H2,1-2H3. The van der Waals surface area contributed by atoms with Crippen LogP contribution in [0.2, 0.25) is 5.02 Å². The topological polar surface area (TPSA) is 82.6 Å². The summed E-state index contributed by atoms with van der Waals surface area (Å²) >= 11 is 6.22. The van der Waals surface area contributed by atoms with Crippen molar-refractivity contribution in [1.29, 1.82) is 0 Å². The fourth-order valence-corrected chi connectivity index (χ4v) is 8.74. The van der Waals surface area contributed by atoms with E-state index in [4.69, 9.17) is 11.6 Å². The summed E-state index contributed by atoms with van der Waals surface area (Å²) in [6.45, 7) is 7.79. The molecule has 2 aromatic carbocycles. The molecule has 1 N–H and O–H groups in total. The highest BCUT2D eigenvalue weighted by Gasteiger charge is 2.41. The number of nitrogens with zero attached hydrogens (tertiary/aromatic N) is 3. The van der Waals surface area contributed by atoms with Crippen LogP contribution in [0.1, 0.15) is 73.5 Å². The van der Waals surface area contributed by atoms with Gasteiger partial charge in [-0.25, -0.2) is 13.1 Å². The second kappa shape index (κ2) is 10.7. The van der Waals surface area contributed by atoms with Gasteiger partial charge in [0.15, 0.2) is 0 Å². The van der Waals surface area contributed by atoms with E-state index in [0.717, 1.165) is 63.0 Å². The van der Waals surface area contributed by atoms with Crippen LogP contribution in [0, 0.1) is 5.41 Å². The molecule has 1 unspecified atom stereocenters. The predicted molar refractivity (Wildman–Crippen MR) is 162 cm³/mol. The third-order valence-electron chi connectivity index (χ3n) is 9.50. The number of amides is 1. The summed E-state index contributed by atoms with van der Waals surface area (Å²) in [7, 11) is -3.84. The quantitative estimate of drug-likeness (QED) is 0.395. The SMILES string of the molecule is CC1(C)CC(NS(=O)(=O)c2ccccc2Cl)c2cc(C(=O)N3CCC4(CC3)CCN(c3ccncc3)CC4)ccc21. The van der Waals surface area contributed by atoms with Crippen LogP contribution in [0.25, 0.3) is 0 Å². The van der Waals surface area contributed by atoms with Gasteiger partial charge < -0.3 is 9.80 Å². The molecule has 3 aromatic rings. The number of fused-ring (bicyclic) bond motifs is 1. The van der Waals surface area contributed by atoms with Crippen LogP contribution < -0.4 is 9.62 Å². The number of benzene rings is 2. The van der Waals surface area contributed by atoms with Crippen LogP contribution in [0.15, 0.2) is 71.9 Å². The van der Waals surface area contributed by atoms with Gasteiger partial charge in [0.25, 0.3) is 5.91 Å². The number of hydrogen-bond donors (Lipinski definition) is 1. The van der Waals surface area contributed by atoms with Crippen LogP contribution in [0.4, 0.5) is 5.69 Å². The van der Waals surface area contributed by atoms with Crippen molar-refractivity contribution in [2.75, 3.05) is 31.1 Å². The minimum atomic E-state index is -3.84. The molecule has 2 aliphatic heterocycles. The van der Waals surface area contributed by atoms with E-state index in [1.807, 2.05) is 35.5 Å². The highest BCUT2D eigenvalue weighted by Crippen LogP contribution is 2.46. The van der Waals surface area contributed by atoms with Crippen LogP contribution in [0.5, 0.6) is 0 Å². The fourth-order valence-electron chi connectivity index (χ4n) is 7.01. The monoisotopic (exact) mass is 592 g/mol. The number of pyridine rings is 1.